The average molecular weight is 173 g/mol. The van der Waals surface area contributed by atoms with Crippen LogP contribution < -0.4 is 5.43 Å². The summed E-state index contributed by atoms with van der Waals surface area (Å²) in [4.78, 5) is 9.92. The van der Waals surface area contributed by atoms with Crippen LogP contribution in [0.5, 0.6) is 0 Å². The lowest BCUT2D eigenvalue weighted by molar-refractivity contribution is -0.445. The van der Waals surface area contributed by atoms with E-state index in [2.05, 4.69) is 0 Å². The Morgan fingerprint density at radius 1 is 1.36 bits per heavy atom. The molecule has 1 N–H and O–H groups in total. The zero-order valence-corrected chi connectivity index (χ0v) is 6.21. The minimum Gasteiger partial charge on any atom is -0.235 e. The van der Waals surface area contributed by atoms with E-state index in [9.17, 15) is 10.1 Å². The van der Waals surface area contributed by atoms with Gasteiger partial charge in [0.15, 0.2) is 5.03 Å². The summed E-state index contributed by atoms with van der Waals surface area (Å²) in [7, 11) is 0. The largest absolute Gasteiger partial charge is 0.235 e. The molecule has 0 aliphatic carbocycles. The third kappa shape index (κ3) is 2.43. The lowest BCUT2D eigenvalue weighted by Crippen LogP contribution is -2.07. The molecule has 0 saturated carbocycles. The van der Waals surface area contributed by atoms with E-state index in [1.54, 1.807) is 12.1 Å². The summed E-state index contributed by atoms with van der Waals surface area (Å²) in [6.07, 6.45) is 0. The van der Waals surface area contributed by atoms with Gasteiger partial charge in [-0.05, 0) is 24.3 Å². The number of hydrogen-bond donors (Lipinski definition) is 1. The Morgan fingerprint density at radius 3 is 2.36 bits per heavy atom. The molecule has 0 amide bonds. The number of nitrogens with zero attached hydrogens (tertiary/aromatic N) is 1. The van der Waals surface area contributed by atoms with E-state index in [4.69, 9.17) is 11.6 Å². The molecule has 0 saturated heterocycles. The van der Waals surface area contributed by atoms with Crippen molar-refractivity contribution in [1.29, 1.82) is 0 Å². The van der Waals surface area contributed by atoms with Crippen molar-refractivity contribution in [2.24, 2.45) is 0 Å². The summed E-state index contributed by atoms with van der Waals surface area (Å²) in [5, 5.41) is 9.85. The van der Waals surface area contributed by atoms with Gasteiger partial charge in [0.1, 0.15) is 5.69 Å². The number of benzene rings is 1. The molecule has 0 fully saturated rings. The molecule has 1 aromatic carbocycles. The molecule has 11 heavy (non-hydrogen) atoms. The van der Waals surface area contributed by atoms with Crippen molar-refractivity contribution in [2.45, 2.75) is 0 Å². The van der Waals surface area contributed by atoms with Crippen molar-refractivity contribution in [3.8, 4) is 0 Å². The maximum absolute atomic E-state index is 9.92. The zero-order valence-electron chi connectivity index (χ0n) is 5.45. The van der Waals surface area contributed by atoms with Crippen LogP contribution in [0.25, 0.3) is 0 Å². The predicted molar refractivity (Wildman–Crippen MR) is 42.1 cm³/mol. The molecule has 0 unspecified atom stereocenters. The molecule has 0 aliphatic rings. The topological polar surface area (TPSA) is 55.2 Å². The van der Waals surface area contributed by atoms with Gasteiger partial charge in [-0.25, -0.2) is 10.1 Å². The Hall–Kier alpha value is -1.29. The van der Waals surface area contributed by atoms with Gasteiger partial charge in [-0.3, -0.25) is 0 Å². The summed E-state index contributed by atoms with van der Waals surface area (Å²) in [5.41, 5.74) is 2.41. The van der Waals surface area contributed by atoms with Gasteiger partial charge in [0.05, 0.1) is 0 Å². The molecule has 0 radical (unpaired) electrons. The van der Waals surface area contributed by atoms with Crippen molar-refractivity contribution >= 4 is 17.3 Å². The average Bonchev–Trinajstić information content (AvgIpc) is 1.93. The highest BCUT2D eigenvalue weighted by Crippen LogP contribution is 2.12. The van der Waals surface area contributed by atoms with Crippen LogP contribution in [-0.4, -0.2) is 5.03 Å². The molecule has 0 aromatic heterocycles. The summed E-state index contributed by atoms with van der Waals surface area (Å²) in [6, 6.07) is 6.22. The molecular formula is C6H5ClN2O2. The molecule has 58 valence electrons. The summed E-state index contributed by atoms with van der Waals surface area (Å²) in [5.74, 6) is 0. The first-order chi connectivity index (χ1) is 5.18. The van der Waals surface area contributed by atoms with Crippen molar-refractivity contribution < 1.29 is 5.03 Å². The number of rotatable bonds is 2. The van der Waals surface area contributed by atoms with Crippen LogP contribution in [0.1, 0.15) is 0 Å². The first-order valence-electron chi connectivity index (χ1n) is 2.85. The summed E-state index contributed by atoms with van der Waals surface area (Å²) in [6.45, 7) is 0. The Labute approximate surface area is 67.9 Å². The van der Waals surface area contributed by atoms with Gasteiger partial charge in [-0.2, -0.15) is 0 Å². The van der Waals surface area contributed by atoms with Gasteiger partial charge >= 0.3 is 0 Å². The van der Waals surface area contributed by atoms with Crippen LogP contribution in [0.2, 0.25) is 5.02 Å². The Kier molecular flexibility index (Phi) is 2.28. The second-order valence-electron chi connectivity index (χ2n) is 1.88. The van der Waals surface area contributed by atoms with E-state index in [0.717, 1.165) is 0 Å². The third-order valence-electron chi connectivity index (χ3n) is 1.06. The Bertz CT molecular complexity index is 260. The van der Waals surface area contributed by atoms with Crippen LogP contribution in [0, 0.1) is 10.1 Å². The van der Waals surface area contributed by atoms with E-state index in [-0.39, 0.29) is 0 Å². The fraction of sp³-hybridized carbons (Fsp3) is 0. The highest BCUT2D eigenvalue weighted by Gasteiger charge is 1.96. The first-order valence-corrected chi connectivity index (χ1v) is 3.23. The fourth-order valence-corrected chi connectivity index (χ4v) is 0.756. The van der Waals surface area contributed by atoms with E-state index in [1.807, 2.05) is 5.43 Å². The number of nitro groups is 1. The van der Waals surface area contributed by atoms with E-state index in [0.29, 0.717) is 10.7 Å². The lowest BCUT2D eigenvalue weighted by Gasteiger charge is -1.95. The molecular weight excluding hydrogens is 168 g/mol. The summed E-state index contributed by atoms with van der Waals surface area (Å²) >= 11 is 5.55. The van der Waals surface area contributed by atoms with E-state index < -0.39 is 5.03 Å². The van der Waals surface area contributed by atoms with Crippen LogP contribution >= 0.6 is 11.6 Å². The molecule has 0 bridgehead atoms. The normalized spacial score (nSPS) is 9.18. The van der Waals surface area contributed by atoms with Crippen LogP contribution in [-0.2, 0) is 0 Å². The van der Waals surface area contributed by atoms with Crippen molar-refractivity contribution in [1.82, 2.24) is 0 Å². The number of halogens is 1. The van der Waals surface area contributed by atoms with E-state index >= 15 is 0 Å². The van der Waals surface area contributed by atoms with Gasteiger partial charge in [-0.15, -0.1) is 5.43 Å². The third-order valence-corrected chi connectivity index (χ3v) is 1.32. The molecule has 0 spiro atoms. The van der Waals surface area contributed by atoms with Crippen LogP contribution in [0.15, 0.2) is 24.3 Å². The second kappa shape index (κ2) is 3.21. The molecule has 4 nitrogen and oxygen atoms in total. The van der Waals surface area contributed by atoms with Crippen LogP contribution in [0.3, 0.4) is 0 Å². The lowest BCUT2D eigenvalue weighted by atomic mass is 10.3. The molecule has 1 aromatic rings. The first kappa shape index (κ1) is 7.81. The maximum atomic E-state index is 9.92. The monoisotopic (exact) mass is 172 g/mol. The van der Waals surface area contributed by atoms with Gasteiger partial charge in [0.2, 0.25) is 0 Å². The van der Waals surface area contributed by atoms with Crippen molar-refractivity contribution in [3.05, 3.63) is 39.4 Å². The summed E-state index contributed by atoms with van der Waals surface area (Å²) < 4.78 is 0. The van der Waals surface area contributed by atoms with Crippen LogP contribution in [0.4, 0.5) is 5.69 Å². The molecule has 0 atom stereocenters. The molecule has 0 heterocycles. The Morgan fingerprint density at radius 2 is 1.91 bits per heavy atom. The minimum absolute atomic E-state index is 0.416. The molecule has 0 aliphatic heterocycles. The number of anilines is 1. The minimum atomic E-state index is -0.622. The standard InChI is InChI=1S/C6H5ClN2O2/c7-5-1-3-6(4-2-5)8-9(10)11/h1-4,8H. The maximum Gasteiger partial charge on any atom is 0.162 e. The zero-order chi connectivity index (χ0) is 8.27. The second-order valence-corrected chi connectivity index (χ2v) is 2.31. The number of nitrogens with one attached hydrogen (secondary N) is 1. The number of hydrazine groups is 1. The highest BCUT2D eigenvalue weighted by molar-refractivity contribution is 6.30. The highest BCUT2D eigenvalue weighted by atomic mass is 35.5. The quantitative estimate of drug-likeness (QED) is 0.548. The van der Waals surface area contributed by atoms with Gasteiger partial charge < -0.3 is 0 Å². The van der Waals surface area contributed by atoms with Gasteiger partial charge in [-0.1, -0.05) is 11.6 Å². The SMILES string of the molecule is O=[N+]([O-])Nc1ccc(Cl)cc1. The smallest absolute Gasteiger partial charge is 0.162 e. The van der Waals surface area contributed by atoms with Crippen molar-refractivity contribution in [2.75, 3.05) is 5.43 Å². The molecule has 5 heteroatoms. The fourth-order valence-electron chi connectivity index (χ4n) is 0.630. The van der Waals surface area contributed by atoms with Gasteiger partial charge in [0, 0.05) is 5.02 Å². The van der Waals surface area contributed by atoms with Gasteiger partial charge in [0.25, 0.3) is 0 Å². The number of hydrogen-bond acceptors (Lipinski definition) is 2. The van der Waals surface area contributed by atoms with Crippen molar-refractivity contribution in [3.63, 3.8) is 0 Å². The molecule has 1 rings (SSSR count). The predicted octanol–water partition coefficient (Wildman–Crippen LogP) is 1.94. The van der Waals surface area contributed by atoms with E-state index in [1.165, 1.54) is 12.1 Å². The Balaban J connectivity index is 2.74.